The van der Waals surface area contributed by atoms with Crippen LogP contribution in [0.2, 0.25) is 0 Å². The lowest BCUT2D eigenvalue weighted by Gasteiger charge is -2.11. The average molecular weight is 350 g/mol. The first-order valence-corrected chi connectivity index (χ1v) is 9.16. The Kier molecular flexibility index (Phi) is 6.23. The van der Waals surface area contributed by atoms with Crippen LogP contribution in [0.4, 0.5) is 0 Å². The second kappa shape index (κ2) is 8.17. The standard InChI is InChI=1S/C18H22O5S/c1-4-21-12-13-22-16-8-10-17(11-9-16)24(19,20)23-18-7-5-6-14(2)15(18)3/h5-11H,4,12-13H2,1-3H3. The molecule has 0 aromatic heterocycles. The molecule has 0 aliphatic heterocycles. The SMILES string of the molecule is CCOCCOc1ccc(S(=O)(=O)Oc2cccc(C)c2C)cc1. The number of hydrogen-bond acceptors (Lipinski definition) is 5. The van der Waals surface area contributed by atoms with E-state index < -0.39 is 10.1 Å². The Morgan fingerprint density at radius 1 is 0.958 bits per heavy atom. The minimum Gasteiger partial charge on any atom is -0.491 e. The Morgan fingerprint density at radius 2 is 1.67 bits per heavy atom. The Hall–Kier alpha value is -2.05. The third-order valence-electron chi connectivity index (χ3n) is 3.57. The summed E-state index contributed by atoms with van der Waals surface area (Å²) in [5.41, 5.74) is 1.78. The molecule has 2 aromatic carbocycles. The maximum Gasteiger partial charge on any atom is 0.339 e. The third-order valence-corrected chi connectivity index (χ3v) is 4.82. The van der Waals surface area contributed by atoms with Crippen LogP contribution < -0.4 is 8.92 Å². The number of aryl methyl sites for hydroxylation is 1. The first-order chi connectivity index (χ1) is 11.4. The van der Waals surface area contributed by atoms with E-state index in [0.29, 0.717) is 31.3 Å². The molecule has 0 radical (unpaired) electrons. The van der Waals surface area contributed by atoms with Crippen LogP contribution in [-0.4, -0.2) is 28.2 Å². The van der Waals surface area contributed by atoms with Gasteiger partial charge in [0, 0.05) is 6.61 Å². The highest BCUT2D eigenvalue weighted by atomic mass is 32.2. The largest absolute Gasteiger partial charge is 0.491 e. The van der Waals surface area contributed by atoms with Crippen molar-refractivity contribution in [2.45, 2.75) is 25.7 Å². The van der Waals surface area contributed by atoms with Crippen molar-refractivity contribution in [1.82, 2.24) is 0 Å². The molecule has 0 heterocycles. The molecule has 6 heteroatoms. The number of benzene rings is 2. The van der Waals surface area contributed by atoms with Crippen LogP contribution in [0.3, 0.4) is 0 Å². The van der Waals surface area contributed by atoms with Gasteiger partial charge < -0.3 is 13.7 Å². The zero-order valence-electron chi connectivity index (χ0n) is 14.1. The summed E-state index contributed by atoms with van der Waals surface area (Å²) in [7, 11) is -3.88. The van der Waals surface area contributed by atoms with Crippen molar-refractivity contribution in [1.29, 1.82) is 0 Å². The first-order valence-electron chi connectivity index (χ1n) is 7.75. The fourth-order valence-corrected chi connectivity index (χ4v) is 3.03. The van der Waals surface area contributed by atoms with Gasteiger partial charge in [0.15, 0.2) is 0 Å². The van der Waals surface area contributed by atoms with Gasteiger partial charge in [0.2, 0.25) is 0 Å². The minimum absolute atomic E-state index is 0.0839. The van der Waals surface area contributed by atoms with Gasteiger partial charge in [-0.3, -0.25) is 0 Å². The van der Waals surface area contributed by atoms with Gasteiger partial charge in [-0.2, -0.15) is 8.42 Å². The molecule has 0 bridgehead atoms. The van der Waals surface area contributed by atoms with Crippen molar-refractivity contribution in [2.75, 3.05) is 19.8 Å². The van der Waals surface area contributed by atoms with Crippen molar-refractivity contribution in [2.24, 2.45) is 0 Å². The van der Waals surface area contributed by atoms with Gasteiger partial charge >= 0.3 is 10.1 Å². The van der Waals surface area contributed by atoms with Crippen molar-refractivity contribution in [3.8, 4) is 11.5 Å². The summed E-state index contributed by atoms with van der Waals surface area (Å²) in [5, 5.41) is 0. The zero-order valence-corrected chi connectivity index (χ0v) is 14.9. The highest BCUT2D eigenvalue weighted by Crippen LogP contribution is 2.25. The van der Waals surface area contributed by atoms with E-state index in [0.717, 1.165) is 11.1 Å². The molecule has 0 spiro atoms. The monoisotopic (exact) mass is 350 g/mol. The van der Waals surface area contributed by atoms with E-state index in [-0.39, 0.29) is 4.90 Å². The molecular formula is C18H22O5S. The van der Waals surface area contributed by atoms with Crippen LogP contribution in [0.5, 0.6) is 11.5 Å². The molecule has 0 aliphatic carbocycles. The molecule has 130 valence electrons. The summed E-state index contributed by atoms with van der Waals surface area (Å²) in [6.45, 7) is 7.19. The molecule has 0 saturated heterocycles. The van der Waals surface area contributed by atoms with Crippen molar-refractivity contribution in [3.05, 3.63) is 53.6 Å². The summed E-state index contributed by atoms with van der Waals surface area (Å²) in [6.07, 6.45) is 0. The Balaban J connectivity index is 2.08. The Labute approximate surface area is 143 Å². The normalized spacial score (nSPS) is 11.3. The summed E-state index contributed by atoms with van der Waals surface area (Å²) >= 11 is 0. The lowest BCUT2D eigenvalue weighted by Crippen LogP contribution is -2.11. The smallest absolute Gasteiger partial charge is 0.339 e. The van der Waals surface area contributed by atoms with Crippen molar-refractivity contribution in [3.63, 3.8) is 0 Å². The highest BCUT2D eigenvalue weighted by molar-refractivity contribution is 7.87. The summed E-state index contributed by atoms with van der Waals surface area (Å²) in [6, 6.07) is 11.5. The Bertz CT molecular complexity index is 766. The molecular weight excluding hydrogens is 328 g/mol. The van der Waals surface area contributed by atoms with Crippen molar-refractivity contribution >= 4 is 10.1 Å². The maximum absolute atomic E-state index is 12.4. The first kappa shape index (κ1) is 18.3. The van der Waals surface area contributed by atoms with Gasteiger partial charge in [-0.25, -0.2) is 0 Å². The topological polar surface area (TPSA) is 61.8 Å². The van der Waals surface area contributed by atoms with Crippen LogP contribution in [0.15, 0.2) is 47.4 Å². The Morgan fingerprint density at radius 3 is 2.33 bits per heavy atom. The molecule has 0 N–H and O–H groups in total. The van der Waals surface area contributed by atoms with Crippen LogP contribution in [0, 0.1) is 13.8 Å². The molecule has 0 fully saturated rings. The van der Waals surface area contributed by atoms with E-state index in [4.69, 9.17) is 13.7 Å². The molecule has 5 nitrogen and oxygen atoms in total. The van der Waals surface area contributed by atoms with E-state index in [2.05, 4.69) is 0 Å². The zero-order chi connectivity index (χ0) is 17.6. The predicted octanol–water partition coefficient (Wildman–Crippen LogP) is 3.49. The molecule has 0 aliphatic rings. The van der Waals surface area contributed by atoms with Crippen molar-refractivity contribution < 1.29 is 22.1 Å². The fourth-order valence-electron chi connectivity index (χ4n) is 2.05. The van der Waals surface area contributed by atoms with Crippen LogP contribution >= 0.6 is 0 Å². The van der Waals surface area contributed by atoms with Gasteiger partial charge in [0.25, 0.3) is 0 Å². The highest BCUT2D eigenvalue weighted by Gasteiger charge is 2.18. The second-order valence-corrected chi connectivity index (χ2v) is 6.80. The molecule has 0 amide bonds. The van der Waals surface area contributed by atoms with Crippen LogP contribution in [0.1, 0.15) is 18.1 Å². The van der Waals surface area contributed by atoms with Gasteiger partial charge in [0.1, 0.15) is 23.0 Å². The van der Waals surface area contributed by atoms with Crippen LogP contribution in [-0.2, 0) is 14.9 Å². The van der Waals surface area contributed by atoms with E-state index in [1.165, 1.54) is 12.1 Å². The molecule has 2 aromatic rings. The quantitative estimate of drug-likeness (QED) is 0.539. The van der Waals surface area contributed by atoms with Gasteiger partial charge in [-0.15, -0.1) is 0 Å². The van der Waals surface area contributed by atoms with E-state index >= 15 is 0 Å². The maximum atomic E-state index is 12.4. The number of ether oxygens (including phenoxy) is 2. The summed E-state index contributed by atoms with van der Waals surface area (Å²) in [5.74, 6) is 0.924. The van der Waals surface area contributed by atoms with E-state index in [1.54, 1.807) is 24.3 Å². The molecule has 0 atom stereocenters. The lowest BCUT2D eigenvalue weighted by atomic mass is 10.1. The summed E-state index contributed by atoms with van der Waals surface area (Å²) in [4.78, 5) is 0.0839. The number of hydrogen-bond donors (Lipinski definition) is 0. The second-order valence-electron chi connectivity index (χ2n) is 5.25. The molecule has 0 unspecified atom stereocenters. The lowest BCUT2D eigenvalue weighted by molar-refractivity contribution is 0.110. The predicted molar refractivity (Wildman–Crippen MR) is 92.2 cm³/mol. The third kappa shape index (κ3) is 4.72. The molecule has 0 saturated carbocycles. The summed E-state index contributed by atoms with van der Waals surface area (Å²) < 4.78 is 40.7. The van der Waals surface area contributed by atoms with Crippen LogP contribution in [0.25, 0.3) is 0 Å². The fraction of sp³-hybridized carbons (Fsp3) is 0.333. The van der Waals surface area contributed by atoms with E-state index in [1.807, 2.05) is 26.8 Å². The van der Waals surface area contributed by atoms with Gasteiger partial charge in [0.05, 0.1) is 6.61 Å². The molecule has 24 heavy (non-hydrogen) atoms. The number of rotatable bonds is 8. The van der Waals surface area contributed by atoms with Gasteiger partial charge in [-0.05, 0) is 62.2 Å². The molecule has 2 rings (SSSR count). The van der Waals surface area contributed by atoms with E-state index in [9.17, 15) is 8.42 Å². The minimum atomic E-state index is -3.88. The average Bonchev–Trinajstić information content (AvgIpc) is 2.56. The van der Waals surface area contributed by atoms with Gasteiger partial charge in [-0.1, -0.05) is 12.1 Å².